The van der Waals surface area contributed by atoms with Crippen LogP contribution in [0.5, 0.6) is 0 Å². The third-order valence-electron chi connectivity index (χ3n) is 6.26. The molecule has 3 aromatic rings. The van der Waals surface area contributed by atoms with Gasteiger partial charge in [0, 0.05) is 49.4 Å². The van der Waals surface area contributed by atoms with Gasteiger partial charge in [-0.2, -0.15) is 5.10 Å². The van der Waals surface area contributed by atoms with Crippen molar-refractivity contribution in [3.05, 3.63) is 54.0 Å². The van der Waals surface area contributed by atoms with Crippen LogP contribution < -0.4 is 0 Å². The minimum atomic E-state index is -0.265. The summed E-state index contributed by atoms with van der Waals surface area (Å²) in [4.78, 5) is 18.3. The van der Waals surface area contributed by atoms with E-state index in [0.717, 1.165) is 51.9 Å². The van der Waals surface area contributed by atoms with Crippen molar-refractivity contribution < 1.29 is 9.53 Å². The van der Waals surface area contributed by atoms with Crippen molar-refractivity contribution in [1.29, 1.82) is 0 Å². The molecule has 0 radical (unpaired) electrons. The Bertz CT molecular complexity index is 968. The normalized spacial score (nSPS) is 18.5. The predicted octanol–water partition coefficient (Wildman–Crippen LogP) is 3.24. The molecule has 1 amide bonds. The lowest BCUT2D eigenvalue weighted by molar-refractivity contribution is -0.141. The zero-order chi connectivity index (χ0) is 19.0. The summed E-state index contributed by atoms with van der Waals surface area (Å²) in [5, 5.41) is 5.51. The molecule has 4 heterocycles. The summed E-state index contributed by atoms with van der Waals surface area (Å²) in [6.07, 6.45) is 7.78. The van der Waals surface area contributed by atoms with Gasteiger partial charge in [0.1, 0.15) is 5.60 Å². The molecule has 2 aliphatic heterocycles. The van der Waals surface area contributed by atoms with E-state index in [2.05, 4.69) is 34.3 Å². The van der Waals surface area contributed by atoms with Crippen molar-refractivity contribution in [1.82, 2.24) is 19.7 Å². The molecule has 0 saturated carbocycles. The van der Waals surface area contributed by atoms with Gasteiger partial charge in [-0.05, 0) is 43.4 Å². The Balaban J connectivity index is 1.25. The number of hydrogen-bond donors (Lipinski definition) is 1. The van der Waals surface area contributed by atoms with E-state index in [-0.39, 0.29) is 11.5 Å². The average molecular weight is 378 g/mol. The van der Waals surface area contributed by atoms with Crippen LogP contribution in [0.4, 0.5) is 0 Å². The van der Waals surface area contributed by atoms with E-state index in [1.54, 1.807) is 6.20 Å². The fraction of sp³-hybridized carbons (Fsp3) is 0.455. The molecule has 6 heteroatoms. The molecule has 0 atom stereocenters. The average Bonchev–Trinajstić information content (AvgIpc) is 3.37. The number of amides is 1. The number of rotatable bonds is 4. The highest BCUT2D eigenvalue weighted by Gasteiger charge is 2.43. The van der Waals surface area contributed by atoms with Crippen molar-refractivity contribution in [2.24, 2.45) is 0 Å². The summed E-state index contributed by atoms with van der Waals surface area (Å²) in [5.74, 6) is 0.245. The lowest BCUT2D eigenvalue weighted by atomic mass is 9.83. The Morgan fingerprint density at radius 3 is 2.89 bits per heavy atom. The molecular formula is C22H26N4O2. The number of para-hydroxylation sites is 1. The van der Waals surface area contributed by atoms with Gasteiger partial charge < -0.3 is 14.6 Å². The van der Waals surface area contributed by atoms with Gasteiger partial charge in [-0.3, -0.25) is 9.48 Å². The maximum atomic E-state index is 12.6. The third kappa shape index (κ3) is 3.02. The molecular weight excluding hydrogens is 352 g/mol. The molecule has 1 N–H and O–H groups in total. The Morgan fingerprint density at radius 1 is 1.21 bits per heavy atom. The van der Waals surface area contributed by atoms with Crippen molar-refractivity contribution in [2.75, 3.05) is 19.7 Å². The van der Waals surface area contributed by atoms with Crippen LogP contribution in [0.3, 0.4) is 0 Å². The summed E-state index contributed by atoms with van der Waals surface area (Å²) in [7, 11) is 0. The number of fused-ring (bicyclic) bond motifs is 4. The van der Waals surface area contributed by atoms with E-state index in [9.17, 15) is 4.79 Å². The van der Waals surface area contributed by atoms with Crippen LogP contribution in [-0.2, 0) is 28.1 Å². The van der Waals surface area contributed by atoms with Crippen LogP contribution in [0.15, 0.2) is 42.7 Å². The van der Waals surface area contributed by atoms with E-state index in [4.69, 9.17) is 4.74 Å². The minimum Gasteiger partial charge on any atom is -0.368 e. The Morgan fingerprint density at radius 2 is 2.07 bits per heavy atom. The number of piperidine rings is 1. The van der Waals surface area contributed by atoms with Gasteiger partial charge in [0.25, 0.3) is 0 Å². The second-order valence-corrected chi connectivity index (χ2v) is 7.87. The molecule has 2 aliphatic rings. The topological polar surface area (TPSA) is 63.1 Å². The van der Waals surface area contributed by atoms with Crippen molar-refractivity contribution in [3.63, 3.8) is 0 Å². The van der Waals surface area contributed by atoms with Crippen molar-refractivity contribution in [3.8, 4) is 0 Å². The summed E-state index contributed by atoms with van der Waals surface area (Å²) in [6.45, 7) is 3.07. The standard InChI is InChI=1S/C22H26N4O2/c27-20(7-3-12-26-13-4-11-23-26)25-14-9-22(10-15-25)21-18(8-16-28-22)17-5-1-2-6-19(17)24-21/h1-2,4-6,11,13,24H,3,7-10,12,14-16H2. The fourth-order valence-corrected chi connectivity index (χ4v) is 4.76. The molecule has 2 aromatic heterocycles. The van der Waals surface area contributed by atoms with Crippen LogP contribution >= 0.6 is 0 Å². The van der Waals surface area contributed by atoms with Crippen LogP contribution in [0.1, 0.15) is 36.9 Å². The third-order valence-corrected chi connectivity index (χ3v) is 6.26. The molecule has 1 spiro atoms. The van der Waals surface area contributed by atoms with E-state index in [1.807, 2.05) is 21.8 Å². The molecule has 0 aliphatic carbocycles. The molecule has 1 aromatic carbocycles. The molecule has 1 saturated heterocycles. The quantitative estimate of drug-likeness (QED) is 0.758. The Hall–Kier alpha value is -2.60. The van der Waals surface area contributed by atoms with E-state index < -0.39 is 0 Å². The fourth-order valence-electron chi connectivity index (χ4n) is 4.76. The summed E-state index contributed by atoms with van der Waals surface area (Å²) in [5.41, 5.74) is 3.57. The molecule has 28 heavy (non-hydrogen) atoms. The van der Waals surface area contributed by atoms with E-state index in [0.29, 0.717) is 6.42 Å². The molecule has 0 bridgehead atoms. The first kappa shape index (κ1) is 17.5. The number of nitrogens with one attached hydrogen (secondary N) is 1. The number of benzene rings is 1. The first-order valence-electron chi connectivity index (χ1n) is 10.2. The smallest absolute Gasteiger partial charge is 0.222 e. The molecule has 6 nitrogen and oxygen atoms in total. The van der Waals surface area contributed by atoms with Crippen LogP contribution in [0.2, 0.25) is 0 Å². The number of aromatic nitrogens is 3. The zero-order valence-electron chi connectivity index (χ0n) is 16.1. The van der Waals surface area contributed by atoms with E-state index in [1.165, 1.54) is 22.2 Å². The number of carbonyl (C=O) groups is 1. The molecule has 146 valence electrons. The largest absolute Gasteiger partial charge is 0.368 e. The van der Waals surface area contributed by atoms with Gasteiger partial charge in [0.2, 0.25) is 5.91 Å². The second kappa shape index (κ2) is 7.09. The highest BCUT2D eigenvalue weighted by atomic mass is 16.5. The lowest BCUT2D eigenvalue weighted by Crippen LogP contribution is -2.48. The minimum absolute atomic E-state index is 0.245. The van der Waals surface area contributed by atoms with Gasteiger partial charge in [-0.1, -0.05) is 18.2 Å². The van der Waals surface area contributed by atoms with Gasteiger partial charge in [-0.25, -0.2) is 0 Å². The maximum absolute atomic E-state index is 12.6. The zero-order valence-corrected chi connectivity index (χ0v) is 16.1. The number of ether oxygens (including phenoxy) is 1. The molecule has 5 rings (SSSR count). The van der Waals surface area contributed by atoms with Crippen molar-refractivity contribution >= 4 is 16.8 Å². The van der Waals surface area contributed by atoms with Gasteiger partial charge in [0.15, 0.2) is 0 Å². The van der Waals surface area contributed by atoms with Crippen molar-refractivity contribution in [2.45, 2.75) is 44.2 Å². The van der Waals surface area contributed by atoms with Crippen LogP contribution in [0.25, 0.3) is 10.9 Å². The van der Waals surface area contributed by atoms with E-state index >= 15 is 0 Å². The number of hydrogen-bond acceptors (Lipinski definition) is 3. The summed E-state index contributed by atoms with van der Waals surface area (Å²) in [6, 6.07) is 10.4. The Kier molecular flexibility index (Phi) is 4.43. The highest BCUT2D eigenvalue weighted by Crippen LogP contribution is 2.43. The Labute approximate surface area is 164 Å². The number of aromatic amines is 1. The summed E-state index contributed by atoms with van der Waals surface area (Å²) < 4.78 is 8.22. The van der Waals surface area contributed by atoms with Gasteiger partial charge in [-0.15, -0.1) is 0 Å². The summed E-state index contributed by atoms with van der Waals surface area (Å²) >= 11 is 0. The number of likely N-dealkylation sites (tertiary alicyclic amines) is 1. The number of nitrogens with zero attached hydrogens (tertiary/aromatic N) is 3. The number of H-pyrrole nitrogens is 1. The monoisotopic (exact) mass is 378 g/mol. The SMILES string of the molecule is O=C(CCCn1cccn1)N1CCC2(CC1)OCCc1c2[nH]c2ccccc12. The highest BCUT2D eigenvalue weighted by molar-refractivity contribution is 5.85. The first-order valence-corrected chi connectivity index (χ1v) is 10.2. The first-order chi connectivity index (χ1) is 13.8. The number of carbonyl (C=O) groups excluding carboxylic acids is 1. The molecule has 0 unspecified atom stereocenters. The maximum Gasteiger partial charge on any atom is 0.222 e. The van der Waals surface area contributed by atoms with Gasteiger partial charge >= 0.3 is 0 Å². The van der Waals surface area contributed by atoms with Crippen LogP contribution in [0, 0.1) is 0 Å². The lowest BCUT2D eigenvalue weighted by Gasteiger charge is -2.43. The second-order valence-electron chi connectivity index (χ2n) is 7.87. The predicted molar refractivity (Wildman–Crippen MR) is 107 cm³/mol. The number of aryl methyl sites for hydroxylation is 1. The van der Waals surface area contributed by atoms with Crippen LogP contribution in [-0.4, -0.2) is 45.3 Å². The van der Waals surface area contributed by atoms with Gasteiger partial charge in [0.05, 0.1) is 12.3 Å². The molecule has 1 fully saturated rings.